The highest BCUT2D eigenvalue weighted by molar-refractivity contribution is 7.89. The van der Waals surface area contributed by atoms with Gasteiger partial charge in [-0.1, -0.05) is 6.07 Å². The minimum Gasteiger partial charge on any atom is -0.311 e. The number of amides is 1. The summed E-state index contributed by atoms with van der Waals surface area (Å²) in [5.74, 6) is 0.674. The predicted octanol–water partition coefficient (Wildman–Crippen LogP) is 2.20. The number of sulfonamides is 1. The van der Waals surface area contributed by atoms with Gasteiger partial charge in [-0.3, -0.25) is 9.20 Å². The van der Waals surface area contributed by atoms with Gasteiger partial charge in [0.1, 0.15) is 5.82 Å². The van der Waals surface area contributed by atoms with Crippen molar-refractivity contribution in [2.75, 3.05) is 18.0 Å². The van der Waals surface area contributed by atoms with Crippen LogP contribution in [-0.2, 0) is 26.7 Å². The molecule has 8 nitrogen and oxygen atoms in total. The van der Waals surface area contributed by atoms with Crippen LogP contribution >= 0.6 is 0 Å². The van der Waals surface area contributed by atoms with Gasteiger partial charge in [0.25, 0.3) is 0 Å². The van der Waals surface area contributed by atoms with E-state index in [0.29, 0.717) is 18.8 Å². The molecule has 1 N–H and O–H groups in total. The lowest BCUT2D eigenvalue weighted by Gasteiger charge is -2.18. The average molecular weight is 428 g/mol. The van der Waals surface area contributed by atoms with Crippen LogP contribution in [0, 0.1) is 6.92 Å². The number of rotatable bonds is 6. The first-order valence-corrected chi connectivity index (χ1v) is 11.4. The molecule has 1 aliphatic rings. The molecule has 0 bridgehead atoms. The number of carbonyl (C=O) groups excluding carboxylic acids is 1. The Kier molecular flexibility index (Phi) is 4.90. The Labute approximate surface area is 176 Å². The molecule has 1 aromatic carbocycles. The van der Waals surface area contributed by atoms with E-state index in [-0.39, 0.29) is 17.3 Å². The lowest BCUT2D eigenvalue weighted by atomic mass is 9.85. The largest absolute Gasteiger partial charge is 0.311 e. The molecule has 0 saturated carbocycles. The summed E-state index contributed by atoms with van der Waals surface area (Å²) < 4.78 is 30.4. The van der Waals surface area contributed by atoms with Crippen LogP contribution in [0.2, 0.25) is 0 Å². The third-order valence-corrected chi connectivity index (χ3v) is 7.09. The molecule has 9 heteroatoms. The van der Waals surface area contributed by atoms with Crippen molar-refractivity contribution < 1.29 is 13.2 Å². The molecule has 0 atom stereocenters. The van der Waals surface area contributed by atoms with E-state index in [9.17, 15) is 13.2 Å². The zero-order valence-electron chi connectivity index (χ0n) is 17.5. The average Bonchev–Trinajstić information content (AvgIpc) is 3.20. The van der Waals surface area contributed by atoms with Crippen LogP contribution in [-0.4, -0.2) is 42.0 Å². The van der Waals surface area contributed by atoms with Crippen molar-refractivity contribution in [2.45, 2.75) is 44.4 Å². The molecule has 0 radical (unpaired) electrons. The second-order valence-electron chi connectivity index (χ2n) is 8.00. The van der Waals surface area contributed by atoms with Gasteiger partial charge in [0, 0.05) is 25.7 Å². The fourth-order valence-electron chi connectivity index (χ4n) is 4.03. The number of carbonyl (C=O) groups is 1. The number of hydrogen-bond donors (Lipinski definition) is 1. The van der Waals surface area contributed by atoms with Crippen LogP contribution in [0.1, 0.15) is 37.7 Å². The molecule has 30 heavy (non-hydrogen) atoms. The second-order valence-corrected chi connectivity index (χ2v) is 9.77. The van der Waals surface area contributed by atoms with Crippen molar-refractivity contribution in [3.8, 4) is 0 Å². The molecule has 1 amide bonds. The summed E-state index contributed by atoms with van der Waals surface area (Å²) in [5.41, 5.74) is 2.30. The molecule has 0 spiro atoms. The molecule has 4 rings (SSSR count). The Bertz CT molecular complexity index is 1250. The van der Waals surface area contributed by atoms with E-state index in [1.807, 2.05) is 56.5 Å². The van der Waals surface area contributed by atoms with Crippen LogP contribution in [0.4, 0.5) is 5.69 Å². The molecular weight excluding hydrogens is 402 g/mol. The summed E-state index contributed by atoms with van der Waals surface area (Å²) in [7, 11) is -3.74. The number of benzene rings is 1. The SMILES string of the molecule is CCN1C(=O)C(C)(C)c2cc(S(=O)(=O)NCCc3nnc4ccccn34)cc(C)c21. The maximum absolute atomic E-state index is 13.0. The first-order valence-electron chi connectivity index (χ1n) is 9.92. The van der Waals surface area contributed by atoms with E-state index >= 15 is 0 Å². The number of pyridine rings is 1. The highest BCUT2D eigenvalue weighted by Gasteiger charge is 2.44. The fourth-order valence-corrected chi connectivity index (χ4v) is 5.18. The maximum atomic E-state index is 13.0. The smallest absolute Gasteiger partial charge is 0.240 e. The van der Waals surface area contributed by atoms with Gasteiger partial charge in [0.2, 0.25) is 15.9 Å². The van der Waals surface area contributed by atoms with Crippen LogP contribution in [0.15, 0.2) is 41.4 Å². The lowest BCUT2D eigenvalue weighted by molar-refractivity contribution is -0.122. The zero-order valence-corrected chi connectivity index (χ0v) is 18.3. The third kappa shape index (κ3) is 3.18. The van der Waals surface area contributed by atoms with Gasteiger partial charge in [-0.2, -0.15) is 0 Å². The normalized spacial score (nSPS) is 15.7. The Morgan fingerprint density at radius 2 is 1.93 bits per heavy atom. The van der Waals surface area contributed by atoms with Gasteiger partial charge in [-0.15, -0.1) is 10.2 Å². The number of nitrogens with zero attached hydrogens (tertiary/aromatic N) is 4. The van der Waals surface area contributed by atoms with Crippen LogP contribution in [0.25, 0.3) is 5.65 Å². The summed E-state index contributed by atoms with van der Waals surface area (Å²) in [6.07, 6.45) is 2.25. The number of fused-ring (bicyclic) bond motifs is 2. The number of aromatic nitrogens is 3. The summed E-state index contributed by atoms with van der Waals surface area (Å²) in [6, 6.07) is 8.85. The molecule has 0 aliphatic carbocycles. The summed E-state index contributed by atoms with van der Waals surface area (Å²) >= 11 is 0. The van der Waals surface area contributed by atoms with Crippen molar-refractivity contribution in [1.29, 1.82) is 0 Å². The van der Waals surface area contributed by atoms with Crippen molar-refractivity contribution in [3.63, 3.8) is 0 Å². The first kappa shape index (κ1) is 20.5. The summed E-state index contributed by atoms with van der Waals surface area (Å²) in [5, 5.41) is 8.21. The number of hydrogen-bond acceptors (Lipinski definition) is 5. The monoisotopic (exact) mass is 427 g/mol. The van der Waals surface area contributed by atoms with E-state index in [0.717, 1.165) is 22.5 Å². The van der Waals surface area contributed by atoms with Crippen LogP contribution in [0.5, 0.6) is 0 Å². The Hall–Kier alpha value is -2.78. The van der Waals surface area contributed by atoms with Crippen LogP contribution in [0.3, 0.4) is 0 Å². The molecule has 0 fully saturated rings. The summed E-state index contributed by atoms with van der Waals surface area (Å²) in [6.45, 7) is 8.18. The standard InChI is InChI=1S/C21H25N5O3S/c1-5-25-19-14(2)12-15(13-16(19)21(3,4)20(25)27)30(28,29)22-10-9-18-24-23-17-8-6-7-11-26(17)18/h6-8,11-13,22H,5,9-10H2,1-4H3. The van der Waals surface area contributed by atoms with Crippen LogP contribution < -0.4 is 9.62 Å². The molecule has 0 unspecified atom stereocenters. The fraction of sp³-hybridized carbons (Fsp3) is 0.381. The summed E-state index contributed by atoms with van der Waals surface area (Å²) in [4.78, 5) is 14.7. The Balaban J connectivity index is 1.59. The Morgan fingerprint density at radius 3 is 2.67 bits per heavy atom. The van der Waals surface area contributed by atoms with Gasteiger partial charge < -0.3 is 4.90 Å². The highest BCUT2D eigenvalue weighted by Crippen LogP contribution is 2.44. The van der Waals surface area contributed by atoms with E-state index in [1.165, 1.54) is 0 Å². The number of likely N-dealkylation sites (N-methyl/N-ethyl adjacent to an activating group) is 1. The van der Waals surface area contributed by atoms with Gasteiger partial charge >= 0.3 is 0 Å². The van der Waals surface area contributed by atoms with E-state index in [1.54, 1.807) is 17.0 Å². The topological polar surface area (TPSA) is 96.7 Å². The maximum Gasteiger partial charge on any atom is 0.240 e. The van der Waals surface area contributed by atoms with Gasteiger partial charge in [0.15, 0.2) is 5.65 Å². The third-order valence-electron chi connectivity index (χ3n) is 5.65. The second kappa shape index (κ2) is 7.17. The van der Waals surface area contributed by atoms with Gasteiger partial charge in [0.05, 0.1) is 16.0 Å². The molecule has 0 saturated heterocycles. The number of aryl methyl sites for hydroxylation is 1. The number of nitrogens with one attached hydrogen (secondary N) is 1. The number of anilines is 1. The molecular formula is C21H25N5O3S. The lowest BCUT2D eigenvalue weighted by Crippen LogP contribution is -2.36. The highest BCUT2D eigenvalue weighted by atomic mass is 32.2. The zero-order chi connectivity index (χ0) is 21.7. The van der Waals surface area contributed by atoms with E-state index in [4.69, 9.17) is 0 Å². The predicted molar refractivity (Wildman–Crippen MR) is 114 cm³/mol. The minimum atomic E-state index is -3.74. The van der Waals surface area contributed by atoms with Crippen molar-refractivity contribution >= 4 is 27.3 Å². The molecule has 2 aromatic heterocycles. The molecule has 3 heterocycles. The quantitative estimate of drug-likeness (QED) is 0.651. The van der Waals surface area contributed by atoms with E-state index in [2.05, 4.69) is 14.9 Å². The van der Waals surface area contributed by atoms with Gasteiger partial charge in [-0.25, -0.2) is 13.1 Å². The molecule has 3 aromatic rings. The van der Waals surface area contributed by atoms with Crippen molar-refractivity contribution in [1.82, 2.24) is 19.3 Å². The van der Waals surface area contributed by atoms with E-state index < -0.39 is 15.4 Å². The first-order chi connectivity index (χ1) is 14.2. The molecule has 1 aliphatic heterocycles. The molecule has 158 valence electrons. The van der Waals surface area contributed by atoms with Gasteiger partial charge in [-0.05, 0) is 63.1 Å². The minimum absolute atomic E-state index is 0.00991. The van der Waals surface area contributed by atoms with Crippen molar-refractivity contribution in [3.05, 3.63) is 53.5 Å². The Morgan fingerprint density at radius 1 is 1.17 bits per heavy atom. The van der Waals surface area contributed by atoms with Crippen molar-refractivity contribution in [2.24, 2.45) is 0 Å².